The number of benzene rings is 1. The Kier molecular flexibility index (Phi) is 3.73. The number of aromatic nitrogens is 2. The number of aryl methyl sites for hydroxylation is 1. The van der Waals surface area contributed by atoms with Crippen LogP contribution in [-0.2, 0) is 0 Å². The van der Waals surface area contributed by atoms with Crippen molar-refractivity contribution >= 4 is 32.4 Å². The summed E-state index contributed by atoms with van der Waals surface area (Å²) in [6.07, 6.45) is 0. The highest BCUT2D eigenvalue weighted by molar-refractivity contribution is 9.10. The van der Waals surface area contributed by atoms with Crippen LogP contribution in [0.25, 0.3) is 0 Å². The lowest BCUT2D eigenvalue weighted by molar-refractivity contribution is 0.619. The molecule has 1 atom stereocenters. The van der Waals surface area contributed by atoms with Crippen LogP contribution < -0.4 is 5.32 Å². The molecule has 90 valence electrons. The molecule has 17 heavy (non-hydrogen) atoms. The highest BCUT2D eigenvalue weighted by atomic mass is 79.9. The molecular formula is C11H11BrFN3S. The zero-order valence-electron chi connectivity index (χ0n) is 9.37. The first-order valence-corrected chi connectivity index (χ1v) is 6.69. The van der Waals surface area contributed by atoms with Crippen LogP contribution in [0.1, 0.15) is 23.5 Å². The Morgan fingerprint density at radius 1 is 1.41 bits per heavy atom. The van der Waals surface area contributed by atoms with Gasteiger partial charge in [0.2, 0.25) is 5.13 Å². The van der Waals surface area contributed by atoms with Crippen molar-refractivity contribution in [3.63, 3.8) is 0 Å². The molecule has 1 aromatic carbocycles. The molecule has 3 nitrogen and oxygen atoms in total. The number of halogens is 2. The smallest absolute Gasteiger partial charge is 0.206 e. The third-order valence-electron chi connectivity index (χ3n) is 2.31. The lowest BCUT2D eigenvalue weighted by Crippen LogP contribution is -2.06. The van der Waals surface area contributed by atoms with Crippen molar-refractivity contribution in [3.05, 3.63) is 39.1 Å². The van der Waals surface area contributed by atoms with Gasteiger partial charge in [-0.2, -0.15) is 0 Å². The van der Waals surface area contributed by atoms with E-state index in [0.29, 0.717) is 4.47 Å². The molecule has 0 aliphatic heterocycles. The van der Waals surface area contributed by atoms with Crippen molar-refractivity contribution < 1.29 is 4.39 Å². The lowest BCUT2D eigenvalue weighted by atomic mass is 10.1. The van der Waals surface area contributed by atoms with Gasteiger partial charge in [0.25, 0.3) is 0 Å². The third-order valence-corrected chi connectivity index (χ3v) is 3.69. The number of anilines is 1. The number of nitrogens with one attached hydrogen (secondary N) is 1. The monoisotopic (exact) mass is 315 g/mol. The Hall–Kier alpha value is -1.01. The topological polar surface area (TPSA) is 37.8 Å². The van der Waals surface area contributed by atoms with E-state index in [9.17, 15) is 4.39 Å². The average molecular weight is 316 g/mol. The second-order valence-corrected chi connectivity index (χ2v) is 5.70. The van der Waals surface area contributed by atoms with Crippen molar-refractivity contribution in [1.82, 2.24) is 10.2 Å². The molecule has 0 saturated heterocycles. The minimum absolute atomic E-state index is 0.0549. The third kappa shape index (κ3) is 3.01. The summed E-state index contributed by atoms with van der Waals surface area (Å²) in [5, 5.41) is 12.8. The Morgan fingerprint density at radius 2 is 2.18 bits per heavy atom. The summed E-state index contributed by atoms with van der Waals surface area (Å²) in [4.78, 5) is 0. The van der Waals surface area contributed by atoms with Crippen LogP contribution >= 0.6 is 27.3 Å². The van der Waals surface area contributed by atoms with Crippen LogP contribution in [-0.4, -0.2) is 10.2 Å². The average Bonchev–Trinajstić information content (AvgIpc) is 2.68. The Balaban J connectivity index is 2.14. The van der Waals surface area contributed by atoms with E-state index >= 15 is 0 Å². The molecule has 0 saturated carbocycles. The van der Waals surface area contributed by atoms with Gasteiger partial charge in [-0.05, 0) is 47.5 Å². The molecule has 6 heteroatoms. The highest BCUT2D eigenvalue weighted by Gasteiger charge is 2.10. The van der Waals surface area contributed by atoms with E-state index in [4.69, 9.17) is 0 Å². The minimum Gasteiger partial charge on any atom is -0.354 e. The largest absolute Gasteiger partial charge is 0.354 e. The molecule has 0 spiro atoms. The number of nitrogens with zero attached hydrogens (tertiary/aromatic N) is 2. The van der Waals surface area contributed by atoms with Crippen molar-refractivity contribution in [2.45, 2.75) is 19.9 Å². The second kappa shape index (κ2) is 5.10. The van der Waals surface area contributed by atoms with Crippen molar-refractivity contribution in [1.29, 1.82) is 0 Å². The molecule has 1 aromatic heterocycles. The summed E-state index contributed by atoms with van der Waals surface area (Å²) in [5.41, 5.74) is 0.992. The van der Waals surface area contributed by atoms with Crippen molar-refractivity contribution in [2.75, 3.05) is 5.32 Å². The van der Waals surface area contributed by atoms with Crippen LogP contribution in [0.3, 0.4) is 0 Å². The van der Waals surface area contributed by atoms with Crippen molar-refractivity contribution in [2.24, 2.45) is 0 Å². The summed E-state index contributed by atoms with van der Waals surface area (Å²) in [7, 11) is 0. The predicted molar refractivity (Wildman–Crippen MR) is 70.8 cm³/mol. The van der Waals surface area contributed by atoms with E-state index in [2.05, 4.69) is 31.4 Å². The highest BCUT2D eigenvalue weighted by Crippen LogP contribution is 2.25. The molecule has 0 bridgehead atoms. The molecule has 1 N–H and O–H groups in total. The maximum atomic E-state index is 13.1. The van der Waals surface area contributed by atoms with E-state index in [1.165, 1.54) is 17.4 Å². The standard InChI is InChI=1S/C11H11BrFN3S/c1-6(14-11-16-15-7(2)17-11)8-3-4-10(13)9(12)5-8/h3-6H,1-2H3,(H,14,16). The predicted octanol–water partition coefficient (Wildman–Crippen LogP) is 3.92. The van der Waals surface area contributed by atoms with E-state index in [0.717, 1.165) is 15.7 Å². The van der Waals surface area contributed by atoms with Gasteiger partial charge in [-0.1, -0.05) is 17.4 Å². The molecule has 0 aliphatic rings. The zero-order chi connectivity index (χ0) is 12.4. The SMILES string of the molecule is Cc1nnc(NC(C)c2ccc(F)c(Br)c2)s1. The van der Waals surface area contributed by atoms with Gasteiger partial charge in [-0.25, -0.2) is 4.39 Å². The van der Waals surface area contributed by atoms with Crippen LogP contribution in [0.15, 0.2) is 22.7 Å². The molecule has 1 heterocycles. The molecule has 1 unspecified atom stereocenters. The van der Waals surface area contributed by atoms with Crippen LogP contribution in [0, 0.1) is 12.7 Å². The molecule has 2 rings (SSSR count). The van der Waals surface area contributed by atoms with Crippen LogP contribution in [0.2, 0.25) is 0 Å². The second-order valence-electron chi connectivity index (χ2n) is 3.67. The van der Waals surface area contributed by atoms with Gasteiger partial charge in [0.05, 0.1) is 10.5 Å². The Labute approximate surface area is 111 Å². The fourth-order valence-electron chi connectivity index (χ4n) is 1.41. The van der Waals surface area contributed by atoms with E-state index in [1.807, 2.05) is 13.8 Å². The van der Waals surface area contributed by atoms with E-state index < -0.39 is 0 Å². The van der Waals surface area contributed by atoms with Gasteiger partial charge >= 0.3 is 0 Å². The number of hydrogen-bond donors (Lipinski definition) is 1. The minimum atomic E-state index is -0.257. The van der Waals surface area contributed by atoms with Gasteiger partial charge in [-0.3, -0.25) is 0 Å². The summed E-state index contributed by atoms with van der Waals surface area (Å²) < 4.78 is 13.6. The summed E-state index contributed by atoms with van der Waals surface area (Å²) in [5.74, 6) is -0.257. The summed E-state index contributed by atoms with van der Waals surface area (Å²) >= 11 is 4.67. The summed E-state index contributed by atoms with van der Waals surface area (Å²) in [6, 6.07) is 5.02. The first-order chi connectivity index (χ1) is 8.06. The van der Waals surface area contributed by atoms with Gasteiger partial charge < -0.3 is 5.32 Å². The van der Waals surface area contributed by atoms with Gasteiger partial charge in [0.1, 0.15) is 10.8 Å². The Bertz CT molecular complexity index is 529. The molecule has 0 radical (unpaired) electrons. The fourth-order valence-corrected chi connectivity index (χ4v) is 2.48. The first-order valence-electron chi connectivity index (χ1n) is 5.08. The first kappa shape index (κ1) is 12.4. The van der Waals surface area contributed by atoms with Gasteiger partial charge in [0.15, 0.2) is 0 Å². The van der Waals surface area contributed by atoms with Gasteiger partial charge in [-0.15, -0.1) is 10.2 Å². The quantitative estimate of drug-likeness (QED) is 0.932. The van der Waals surface area contributed by atoms with Gasteiger partial charge in [0, 0.05) is 0 Å². The maximum absolute atomic E-state index is 13.1. The lowest BCUT2D eigenvalue weighted by Gasteiger charge is -2.13. The number of hydrogen-bond acceptors (Lipinski definition) is 4. The normalized spacial score (nSPS) is 12.5. The van der Waals surface area contributed by atoms with Crippen LogP contribution in [0.5, 0.6) is 0 Å². The van der Waals surface area contributed by atoms with Crippen LogP contribution in [0.4, 0.5) is 9.52 Å². The molecular weight excluding hydrogens is 305 g/mol. The zero-order valence-corrected chi connectivity index (χ0v) is 11.8. The fraction of sp³-hybridized carbons (Fsp3) is 0.273. The molecule has 0 fully saturated rings. The van der Waals surface area contributed by atoms with E-state index in [1.54, 1.807) is 12.1 Å². The molecule has 0 aliphatic carbocycles. The molecule has 0 amide bonds. The van der Waals surface area contributed by atoms with Crippen molar-refractivity contribution in [3.8, 4) is 0 Å². The number of rotatable bonds is 3. The van der Waals surface area contributed by atoms with E-state index in [-0.39, 0.29) is 11.9 Å². The maximum Gasteiger partial charge on any atom is 0.206 e. The molecule has 2 aromatic rings. The summed E-state index contributed by atoms with van der Waals surface area (Å²) in [6.45, 7) is 3.90. The Morgan fingerprint density at radius 3 is 2.76 bits per heavy atom.